The van der Waals surface area contributed by atoms with Gasteiger partial charge in [0.1, 0.15) is 5.03 Å². The molecule has 1 aliphatic carbocycles. The van der Waals surface area contributed by atoms with Crippen LogP contribution in [-0.2, 0) is 25.1 Å². The fraction of sp³-hybridized carbons (Fsp3) is 0.316. The maximum atomic E-state index is 12.7. The van der Waals surface area contributed by atoms with E-state index >= 15 is 0 Å². The maximum Gasteiger partial charge on any atom is 0.349 e. The molecule has 0 saturated heterocycles. The number of thiophene rings is 1. The highest BCUT2D eigenvalue weighted by atomic mass is 32.2. The van der Waals surface area contributed by atoms with E-state index in [1.165, 1.54) is 22.6 Å². The molecule has 0 atom stereocenters. The molecular weight excluding hydrogens is 350 g/mol. The Morgan fingerprint density at radius 2 is 2.08 bits per heavy atom. The number of fused-ring (bicyclic) bond motifs is 1. The first-order valence-corrected chi connectivity index (χ1v) is 10.4. The van der Waals surface area contributed by atoms with Gasteiger partial charge in [0.25, 0.3) is 0 Å². The van der Waals surface area contributed by atoms with Crippen LogP contribution in [0.2, 0.25) is 0 Å². The molecule has 0 unspecified atom stereocenters. The Labute approximate surface area is 155 Å². The molecule has 0 saturated carbocycles. The Bertz CT molecular complexity index is 904. The second-order valence-corrected chi connectivity index (χ2v) is 8.10. The molecule has 3 aromatic heterocycles. The monoisotopic (exact) mass is 369 g/mol. The van der Waals surface area contributed by atoms with Gasteiger partial charge in [-0.2, -0.15) is 4.98 Å². The van der Waals surface area contributed by atoms with Gasteiger partial charge >= 0.3 is 5.69 Å². The van der Waals surface area contributed by atoms with Gasteiger partial charge in [-0.3, -0.25) is 9.55 Å². The molecule has 6 heteroatoms. The molecule has 4 rings (SSSR count). The summed E-state index contributed by atoms with van der Waals surface area (Å²) in [6.07, 6.45) is 6.10. The summed E-state index contributed by atoms with van der Waals surface area (Å²) in [5, 5.41) is 2.95. The van der Waals surface area contributed by atoms with Crippen LogP contribution in [0.5, 0.6) is 0 Å². The zero-order valence-corrected chi connectivity index (χ0v) is 15.5. The summed E-state index contributed by atoms with van der Waals surface area (Å²) in [4.78, 5) is 22.7. The minimum atomic E-state index is -0.127. The van der Waals surface area contributed by atoms with Crippen LogP contribution in [0.4, 0.5) is 0 Å². The van der Waals surface area contributed by atoms with Crippen LogP contribution in [0.25, 0.3) is 0 Å². The second kappa shape index (κ2) is 7.54. The number of thioether (sulfide) groups is 1. The highest BCUT2D eigenvalue weighted by Gasteiger charge is 2.20. The zero-order valence-electron chi connectivity index (χ0n) is 13.9. The largest absolute Gasteiger partial charge is 0.349 e. The van der Waals surface area contributed by atoms with Gasteiger partial charge in [-0.1, -0.05) is 23.9 Å². The van der Waals surface area contributed by atoms with E-state index in [4.69, 9.17) is 0 Å². The number of nitrogens with zero attached hydrogens (tertiary/aromatic N) is 3. The highest BCUT2D eigenvalue weighted by Crippen LogP contribution is 2.30. The molecule has 4 nitrogen and oxygen atoms in total. The fourth-order valence-electron chi connectivity index (χ4n) is 3.21. The lowest BCUT2D eigenvalue weighted by Gasteiger charge is -2.22. The van der Waals surface area contributed by atoms with Crippen molar-refractivity contribution in [2.75, 3.05) is 0 Å². The second-order valence-electron chi connectivity index (χ2n) is 6.11. The van der Waals surface area contributed by atoms with Gasteiger partial charge in [0, 0.05) is 28.1 Å². The minimum Gasteiger partial charge on any atom is -0.291 e. The average Bonchev–Trinajstić information content (AvgIpc) is 3.17. The van der Waals surface area contributed by atoms with Crippen molar-refractivity contribution in [3.63, 3.8) is 0 Å². The van der Waals surface area contributed by atoms with Crippen LogP contribution in [0.1, 0.15) is 34.7 Å². The SMILES string of the molecule is O=c1nc(SCc2ccccn2)c2c(n1Cc1cccs1)CCCC2. The van der Waals surface area contributed by atoms with Gasteiger partial charge in [-0.05, 0) is 49.3 Å². The Kier molecular flexibility index (Phi) is 4.99. The molecule has 0 fully saturated rings. The summed E-state index contributed by atoms with van der Waals surface area (Å²) in [7, 11) is 0. The predicted molar refractivity (Wildman–Crippen MR) is 102 cm³/mol. The molecule has 25 heavy (non-hydrogen) atoms. The van der Waals surface area contributed by atoms with E-state index in [9.17, 15) is 4.79 Å². The smallest absolute Gasteiger partial charge is 0.291 e. The Balaban J connectivity index is 1.66. The summed E-state index contributed by atoms with van der Waals surface area (Å²) in [5.74, 6) is 0.745. The van der Waals surface area contributed by atoms with Crippen molar-refractivity contribution >= 4 is 23.1 Å². The molecule has 3 aromatic rings. The molecule has 0 spiro atoms. The summed E-state index contributed by atoms with van der Waals surface area (Å²) < 4.78 is 1.88. The van der Waals surface area contributed by atoms with Crippen molar-refractivity contribution in [2.24, 2.45) is 0 Å². The van der Waals surface area contributed by atoms with E-state index in [0.29, 0.717) is 6.54 Å². The first kappa shape index (κ1) is 16.5. The van der Waals surface area contributed by atoms with E-state index in [-0.39, 0.29) is 5.69 Å². The molecule has 128 valence electrons. The third-order valence-corrected chi connectivity index (χ3v) is 6.34. The van der Waals surface area contributed by atoms with Crippen LogP contribution < -0.4 is 5.69 Å². The summed E-state index contributed by atoms with van der Waals surface area (Å²) >= 11 is 3.32. The molecule has 0 bridgehead atoms. The number of pyridine rings is 1. The van der Waals surface area contributed by atoms with E-state index in [0.717, 1.165) is 35.7 Å². The topological polar surface area (TPSA) is 47.8 Å². The van der Waals surface area contributed by atoms with Gasteiger partial charge in [-0.15, -0.1) is 11.3 Å². The number of hydrogen-bond acceptors (Lipinski definition) is 5. The van der Waals surface area contributed by atoms with Crippen LogP contribution in [0, 0.1) is 0 Å². The summed E-state index contributed by atoms with van der Waals surface area (Å²) in [6, 6.07) is 10.0. The summed E-state index contributed by atoms with van der Waals surface area (Å²) in [5.41, 5.74) is 3.34. The molecule has 1 aliphatic rings. The Morgan fingerprint density at radius 1 is 1.16 bits per heavy atom. The van der Waals surface area contributed by atoms with Crippen LogP contribution in [0.15, 0.2) is 51.7 Å². The van der Waals surface area contributed by atoms with Crippen molar-refractivity contribution in [3.8, 4) is 0 Å². The first-order valence-electron chi connectivity index (χ1n) is 8.49. The molecular formula is C19H19N3OS2. The van der Waals surface area contributed by atoms with Gasteiger partial charge in [0.15, 0.2) is 0 Å². The third kappa shape index (κ3) is 3.70. The number of hydrogen-bond donors (Lipinski definition) is 0. The van der Waals surface area contributed by atoms with Crippen molar-refractivity contribution in [2.45, 2.75) is 43.0 Å². The minimum absolute atomic E-state index is 0.127. The van der Waals surface area contributed by atoms with Crippen molar-refractivity contribution < 1.29 is 0 Å². The molecule has 0 aromatic carbocycles. The lowest BCUT2D eigenvalue weighted by molar-refractivity contribution is 0.571. The van der Waals surface area contributed by atoms with Crippen LogP contribution in [-0.4, -0.2) is 14.5 Å². The maximum absolute atomic E-state index is 12.7. The molecule has 3 heterocycles. The molecule has 0 amide bonds. The Hall–Kier alpha value is -1.92. The van der Waals surface area contributed by atoms with Gasteiger partial charge in [0.05, 0.1) is 12.2 Å². The van der Waals surface area contributed by atoms with Crippen molar-refractivity contribution in [1.82, 2.24) is 14.5 Å². The molecule has 0 N–H and O–H groups in total. The standard InChI is InChI=1S/C19H19N3OS2/c23-19-21-18(25-13-14-6-3-4-10-20-14)16-8-1-2-9-17(16)22(19)12-15-7-5-11-24-15/h3-7,10-11H,1-2,8-9,12-13H2. The van der Waals surface area contributed by atoms with E-state index in [2.05, 4.69) is 21.4 Å². The predicted octanol–water partition coefficient (Wildman–Crippen LogP) is 3.92. The fourth-order valence-corrected chi connectivity index (χ4v) is 4.90. The third-order valence-electron chi connectivity index (χ3n) is 4.43. The normalized spacial score (nSPS) is 13.6. The number of rotatable bonds is 5. The highest BCUT2D eigenvalue weighted by molar-refractivity contribution is 7.98. The van der Waals surface area contributed by atoms with Gasteiger partial charge in [0.2, 0.25) is 0 Å². The van der Waals surface area contributed by atoms with E-state index < -0.39 is 0 Å². The molecule has 0 aliphatic heterocycles. The van der Waals surface area contributed by atoms with Gasteiger partial charge < -0.3 is 0 Å². The quantitative estimate of drug-likeness (QED) is 0.505. The van der Waals surface area contributed by atoms with Crippen LogP contribution in [0.3, 0.4) is 0 Å². The van der Waals surface area contributed by atoms with Gasteiger partial charge in [-0.25, -0.2) is 4.79 Å². The van der Waals surface area contributed by atoms with Crippen molar-refractivity contribution in [1.29, 1.82) is 0 Å². The summed E-state index contributed by atoms with van der Waals surface area (Å²) in [6.45, 7) is 0.636. The average molecular weight is 370 g/mol. The van der Waals surface area contributed by atoms with E-state index in [1.807, 2.05) is 28.8 Å². The van der Waals surface area contributed by atoms with Crippen LogP contribution >= 0.6 is 23.1 Å². The lowest BCUT2D eigenvalue weighted by Crippen LogP contribution is -2.30. The van der Waals surface area contributed by atoms with Crippen molar-refractivity contribution in [3.05, 3.63) is 74.2 Å². The lowest BCUT2D eigenvalue weighted by atomic mass is 9.97. The molecule has 0 radical (unpaired) electrons. The van der Waals surface area contributed by atoms with E-state index in [1.54, 1.807) is 29.3 Å². The number of aromatic nitrogens is 3. The zero-order chi connectivity index (χ0) is 17.1. The Morgan fingerprint density at radius 3 is 2.88 bits per heavy atom. The first-order chi connectivity index (χ1) is 12.3.